The molecule has 0 bridgehead atoms. The van der Waals surface area contributed by atoms with E-state index in [4.69, 9.17) is 9.15 Å². The molecule has 0 spiro atoms. The number of nitrogens with zero attached hydrogens (tertiary/aromatic N) is 2. The summed E-state index contributed by atoms with van der Waals surface area (Å²) in [6.07, 6.45) is 4.43. The summed E-state index contributed by atoms with van der Waals surface area (Å²) in [7, 11) is 0. The second-order valence-electron chi connectivity index (χ2n) is 6.23. The molecule has 0 unspecified atom stereocenters. The summed E-state index contributed by atoms with van der Waals surface area (Å²) in [5.41, 5.74) is 1.94. The van der Waals surface area contributed by atoms with Gasteiger partial charge in [0.15, 0.2) is 5.16 Å². The molecule has 4 rings (SSSR count). The number of benzene rings is 2. The minimum atomic E-state index is -0.623. The van der Waals surface area contributed by atoms with Crippen molar-refractivity contribution in [2.75, 3.05) is 0 Å². The molecule has 0 saturated heterocycles. The first kappa shape index (κ1) is 19.6. The lowest BCUT2D eigenvalue weighted by atomic mass is 10.0. The Kier molecular flexibility index (Phi) is 6.01. The largest absolute Gasteiger partial charge is 0.464 e. The molecule has 0 aliphatic heterocycles. The zero-order chi connectivity index (χ0) is 20.8. The summed E-state index contributed by atoms with van der Waals surface area (Å²) in [5.74, 6) is 0.0389. The van der Waals surface area contributed by atoms with Crippen molar-refractivity contribution in [1.82, 2.24) is 9.97 Å². The molecule has 2 heterocycles. The first-order valence-corrected chi connectivity index (χ1v) is 10.1. The lowest BCUT2D eigenvalue weighted by Gasteiger charge is -2.06. The number of ether oxygens (including phenoxy) is 1. The van der Waals surface area contributed by atoms with Gasteiger partial charge in [0.2, 0.25) is 11.2 Å². The van der Waals surface area contributed by atoms with Crippen LogP contribution in [0.25, 0.3) is 11.1 Å². The average molecular weight is 416 g/mol. The molecule has 4 aromatic rings. The van der Waals surface area contributed by atoms with E-state index in [1.54, 1.807) is 30.6 Å². The van der Waals surface area contributed by atoms with Gasteiger partial charge >= 0.3 is 5.97 Å². The van der Waals surface area contributed by atoms with Gasteiger partial charge in [-0.1, -0.05) is 54.2 Å². The van der Waals surface area contributed by atoms with Gasteiger partial charge < -0.3 is 9.15 Å². The summed E-state index contributed by atoms with van der Waals surface area (Å²) in [5, 5.41) is 0.578. The maximum atomic E-state index is 12.4. The highest BCUT2D eigenvalue weighted by Gasteiger charge is 2.13. The predicted molar refractivity (Wildman–Crippen MR) is 113 cm³/mol. The number of carbonyl (C=O) groups excluding carboxylic acids is 1. The fraction of sp³-hybridized carbons (Fsp3) is 0.0435. The number of rotatable bonds is 6. The van der Waals surface area contributed by atoms with Crippen molar-refractivity contribution in [1.29, 1.82) is 0 Å². The third-order valence-electron chi connectivity index (χ3n) is 4.17. The number of aromatic nitrogens is 2. The summed E-state index contributed by atoms with van der Waals surface area (Å²) < 4.78 is 10.6. The molecular weight excluding hydrogens is 400 g/mol. The highest BCUT2D eigenvalue weighted by Crippen LogP contribution is 2.21. The van der Waals surface area contributed by atoms with Crippen LogP contribution in [0.5, 0.6) is 5.75 Å². The van der Waals surface area contributed by atoms with Crippen LogP contribution in [0, 0.1) is 0 Å². The Labute approximate surface area is 176 Å². The molecule has 0 amide bonds. The third kappa shape index (κ3) is 4.82. The summed E-state index contributed by atoms with van der Waals surface area (Å²) in [6.45, 7) is 0. The topological polar surface area (TPSA) is 82.3 Å². The Hall–Kier alpha value is -3.71. The van der Waals surface area contributed by atoms with Gasteiger partial charge in [0, 0.05) is 18.5 Å². The van der Waals surface area contributed by atoms with Crippen LogP contribution in [-0.2, 0) is 5.75 Å². The zero-order valence-electron chi connectivity index (χ0n) is 15.7. The van der Waals surface area contributed by atoms with Crippen LogP contribution in [0.2, 0.25) is 0 Å². The minimum absolute atomic E-state index is 0.156. The zero-order valence-corrected chi connectivity index (χ0v) is 16.5. The van der Waals surface area contributed by atoms with E-state index in [9.17, 15) is 9.59 Å². The average Bonchev–Trinajstić information content (AvgIpc) is 2.80. The molecule has 7 heteroatoms. The quantitative estimate of drug-likeness (QED) is 0.258. The van der Waals surface area contributed by atoms with Gasteiger partial charge in [-0.15, -0.1) is 0 Å². The first-order valence-electron chi connectivity index (χ1n) is 9.08. The Balaban J connectivity index is 1.41. The fourth-order valence-corrected chi connectivity index (χ4v) is 3.37. The van der Waals surface area contributed by atoms with E-state index < -0.39 is 11.4 Å². The van der Waals surface area contributed by atoms with Gasteiger partial charge in [-0.3, -0.25) is 4.79 Å². The molecule has 30 heavy (non-hydrogen) atoms. The van der Waals surface area contributed by atoms with E-state index in [-0.39, 0.29) is 5.75 Å². The molecule has 0 N–H and O–H groups in total. The number of esters is 1. The van der Waals surface area contributed by atoms with Gasteiger partial charge in [0.1, 0.15) is 12.0 Å². The van der Waals surface area contributed by atoms with E-state index in [0.717, 1.165) is 17.4 Å². The van der Waals surface area contributed by atoms with Crippen LogP contribution in [0.15, 0.2) is 99.8 Å². The van der Waals surface area contributed by atoms with Crippen LogP contribution in [0.1, 0.15) is 16.1 Å². The van der Waals surface area contributed by atoms with Crippen molar-refractivity contribution in [3.8, 4) is 16.9 Å². The lowest BCUT2D eigenvalue weighted by molar-refractivity contribution is 0.0729. The smallest absolute Gasteiger partial charge is 0.343 e. The number of thioether (sulfide) groups is 1. The van der Waals surface area contributed by atoms with E-state index in [2.05, 4.69) is 9.97 Å². The van der Waals surface area contributed by atoms with Crippen LogP contribution in [0.3, 0.4) is 0 Å². The summed E-state index contributed by atoms with van der Waals surface area (Å²) >= 11 is 1.34. The van der Waals surface area contributed by atoms with Crippen LogP contribution >= 0.6 is 11.8 Å². The highest BCUT2D eigenvalue weighted by atomic mass is 32.2. The molecule has 0 radical (unpaired) electrons. The first-order chi connectivity index (χ1) is 14.7. The monoisotopic (exact) mass is 416 g/mol. The van der Waals surface area contributed by atoms with Gasteiger partial charge in [-0.25, -0.2) is 14.8 Å². The Bertz CT molecular complexity index is 1190. The molecule has 0 aliphatic rings. The number of hydrogen-bond acceptors (Lipinski definition) is 7. The fourth-order valence-electron chi connectivity index (χ4n) is 2.67. The maximum absolute atomic E-state index is 12.4. The Morgan fingerprint density at radius 2 is 1.63 bits per heavy atom. The van der Waals surface area contributed by atoms with Crippen molar-refractivity contribution >= 4 is 17.7 Å². The molecular formula is C23H16N2O4S. The van der Waals surface area contributed by atoms with Gasteiger partial charge in [-0.2, -0.15) is 0 Å². The SMILES string of the molecule is O=C(Oc1coc(CSc2ncccn2)cc1=O)c1ccc(-c2ccccc2)cc1. The second kappa shape index (κ2) is 9.19. The third-order valence-corrected chi connectivity index (χ3v) is 5.07. The lowest BCUT2D eigenvalue weighted by Crippen LogP contribution is -2.14. The molecule has 2 aromatic heterocycles. The summed E-state index contributed by atoms with van der Waals surface area (Å²) in [6, 6.07) is 19.8. The van der Waals surface area contributed by atoms with Crippen molar-refractivity contribution in [2.45, 2.75) is 10.9 Å². The van der Waals surface area contributed by atoms with Gasteiger partial charge in [0.05, 0.1) is 11.3 Å². The molecule has 6 nitrogen and oxygen atoms in total. The molecule has 148 valence electrons. The van der Waals surface area contributed by atoms with Gasteiger partial charge in [-0.05, 0) is 29.3 Å². The van der Waals surface area contributed by atoms with E-state index in [1.165, 1.54) is 17.8 Å². The van der Waals surface area contributed by atoms with E-state index >= 15 is 0 Å². The standard InChI is InChI=1S/C23H16N2O4S/c26-20-13-19(15-30-23-24-11-4-12-25-23)28-14-21(20)29-22(27)18-9-7-17(8-10-18)16-5-2-1-3-6-16/h1-14H,15H2. The highest BCUT2D eigenvalue weighted by molar-refractivity contribution is 7.98. The van der Waals surface area contributed by atoms with Crippen LogP contribution in [-0.4, -0.2) is 15.9 Å². The molecule has 0 atom stereocenters. The van der Waals surface area contributed by atoms with E-state index in [0.29, 0.717) is 22.2 Å². The minimum Gasteiger partial charge on any atom is -0.464 e. The molecule has 2 aromatic carbocycles. The normalized spacial score (nSPS) is 10.5. The van der Waals surface area contributed by atoms with Crippen molar-refractivity contribution in [2.24, 2.45) is 0 Å². The number of hydrogen-bond donors (Lipinski definition) is 0. The van der Waals surface area contributed by atoms with Crippen LogP contribution < -0.4 is 10.2 Å². The van der Waals surface area contributed by atoms with Gasteiger partial charge in [0.25, 0.3) is 0 Å². The maximum Gasteiger partial charge on any atom is 0.343 e. The molecule has 0 fully saturated rings. The van der Waals surface area contributed by atoms with Crippen molar-refractivity contribution < 1.29 is 13.9 Å². The molecule has 0 aliphatic carbocycles. The molecule has 0 saturated carbocycles. The number of carbonyl (C=O) groups is 1. The van der Waals surface area contributed by atoms with Crippen molar-refractivity contribution in [3.63, 3.8) is 0 Å². The second-order valence-corrected chi connectivity index (χ2v) is 7.17. The Morgan fingerprint density at radius 1 is 0.933 bits per heavy atom. The predicted octanol–water partition coefficient (Wildman–Crippen LogP) is 4.61. The summed E-state index contributed by atoms with van der Waals surface area (Å²) in [4.78, 5) is 32.9. The van der Waals surface area contributed by atoms with E-state index in [1.807, 2.05) is 42.5 Å². The Morgan fingerprint density at radius 3 is 2.33 bits per heavy atom. The van der Waals surface area contributed by atoms with Crippen molar-refractivity contribution in [3.05, 3.63) is 107 Å². The van der Waals surface area contributed by atoms with Crippen LogP contribution in [0.4, 0.5) is 0 Å².